The molecule has 42 heavy (non-hydrogen) atoms. The Kier molecular flexibility index (Phi) is 8.74. The van der Waals surface area contributed by atoms with E-state index < -0.39 is 17.6 Å². The summed E-state index contributed by atoms with van der Waals surface area (Å²) < 4.78 is 15.6. The molecule has 2 heterocycles. The van der Waals surface area contributed by atoms with E-state index >= 15 is 0 Å². The number of hydrogen-bond acceptors (Lipinski definition) is 6. The first-order chi connectivity index (χ1) is 20.1. The van der Waals surface area contributed by atoms with Gasteiger partial charge in [0.15, 0.2) is 5.69 Å². The number of amides is 4. The molecule has 1 aliphatic carbocycles. The van der Waals surface area contributed by atoms with E-state index in [2.05, 4.69) is 15.3 Å². The molecule has 4 amide bonds. The molecule has 0 radical (unpaired) electrons. The maximum Gasteiger partial charge on any atom is 0.269 e. The zero-order chi connectivity index (χ0) is 30.0. The molecule has 1 aromatic heterocycles. The molecule has 0 spiro atoms. The SMILES string of the molecule is CN1CCN(C(=O)Cc2ccc3c(c2)c(C(N)=O)nn3CC(=O)N(CC(=O)NCc2cccc(Cl)c2F)C2CC2)CC1. The van der Waals surface area contributed by atoms with Crippen LogP contribution in [0.1, 0.15) is 34.5 Å². The van der Waals surface area contributed by atoms with Crippen molar-refractivity contribution in [2.45, 2.75) is 38.4 Å². The number of aromatic nitrogens is 2. The molecular formula is C29H33ClFN7O4. The van der Waals surface area contributed by atoms with Crippen molar-refractivity contribution in [2.24, 2.45) is 5.73 Å². The minimum absolute atomic E-state index is 0.00194. The quantitative estimate of drug-likeness (QED) is 0.364. The number of nitrogens with one attached hydrogen (secondary N) is 1. The molecule has 5 rings (SSSR count). The molecule has 2 aromatic carbocycles. The highest BCUT2D eigenvalue weighted by Crippen LogP contribution is 2.28. The summed E-state index contributed by atoms with van der Waals surface area (Å²) in [6.07, 6.45) is 1.70. The van der Waals surface area contributed by atoms with Crippen LogP contribution in [0.15, 0.2) is 36.4 Å². The lowest BCUT2D eigenvalue weighted by Crippen LogP contribution is -2.47. The molecule has 13 heteroatoms. The van der Waals surface area contributed by atoms with Crippen LogP contribution >= 0.6 is 11.6 Å². The van der Waals surface area contributed by atoms with Crippen molar-refractivity contribution in [2.75, 3.05) is 39.8 Å². The molecule has 2 aliphatic rings. The standard InChI is InChI=1S/C29H33ClFN7O4/c1-35-9-11-36(12-10-35)25(40)14-18-5-8-23-21(13-18)28(29(32)42)34-38(23)17-26(41)37(20-6-7-20)16-24(39)33-15-19-3-2-4-22(30)27(19)31/h2-5,8,13,20H,6-7,9-12,14-17H2,1H3,(H2,32,42)(H,33,39). The summed E-state index contributed by atoms with van der Waals surface area (Å²) in [5.74, 6) is -2.14. The van der Waals surface area contributed by atoms with Crippen molar-refractivity contribution in [3.05, 3.63) is 64.1 Å². The van der Waals surface area contributed by atoms with E-state index in [9.17, 15) is 23.6 Å². The summed E-state index contributed by atoms with van der Waals surface area (Å²) in [5, 5.41) is 7.39. The first-order valence-corrected chi connectivity index (χ1v) is 14.2. The van der Waals surface area contributed by atoms with Gasteiger partial charge in [-0.15, -0.1) is 0 Å². The van der Waals surface area contributed by atoms with E-state index in [0.29, 0.717) is 29.6 Å². The number of benzene rings is 2. The Balaban J connectivity index is 1.27. The van der Waals surface area contributed by atoms with E-state index in [0.717, 1.165) is 25.9 Å². The summed E-state index contributed by atoms with van der Waals surface area (Å²) >= 11 is 5.82. The third kappa shape index (κ3) is 6.71. The monoisotopic (exact) mass is 597 g/mol. The van der Waals surface area contributed by atoms with Crippen LogP contribution in [0.3, 0.4) is 0 Å². The van der Waals surface area contributed by atoms with Crippen LogP contribution in [-0.2, 0) is 33.9 Å². The maximum atomic E-state index is 14.2. The normalized spacial score (nSPS) is 15.5. The average Bonchev–Trinajstić information content (AvgIpc) is 3.74. The van der Waals surface area contributed by atoms with Crippen molar-refractivity contribution in [3.63, 3.8) is 0 Å². The topological polar surface area (TPSA) is 134 Å². The molecule has 0 bridgehead atoms. The number of likely N-dealkylation sites (N-methyl/N-ethyl adjacent to an activating group) is 1. The Morgan fingerprint density at radius 1 is 1.12 bits per heavy atom. The van der Waals surface area contributed by atoms with Crippen molar-refractivity contribution < 1.29 is 23.6 Å². The molecule has 0 atom stereocenters. The summed E-state index contributed by atoms with van der Waals surface area (Å²) in [6, 6.07) is 9.68. The van der Waals surface area contributed by atoms with Gasteiger partial charge in [-0.1, -0.05) is 29.8 Å². The van der Waals surface area contributed by atoms with Crippen LogP contribution < -0.4 is 11.1 Å². The fourth-order valence-electron chi connectivity index (χ4n) is 5.10. The molecule has 3 N–H and O–H groups in total. The summed E-state index contributed by atoms with van der Waals surface area (Å²) in [5.41, 5.74) is 7.09. The highest BCUT2D eigenvalue weighted by atomic mass is 35.5. The highest BCUT2D eigenvalue weighted by Gasteiger charge is 2.34. The fourth-order valence-corrected chi connectivity index (χ4v) is 5.29. The second kappa shape index (κ2) is 12.5. The van der Waals surface area contributed by atoms with Gasteiger partial charge in [-0.2, -0.15) is 5.10 Å². The molecule has 0 unspecified atom stereocenters. The Morgan fingerprint density at radius 3 is 2.55 bits per heavy atom. The summed E-state index contributed by atoms with van der Waals surface area (Å²) in [4.78, 5) is 56.6. The van der Waals surface area contributed by atoms with Gasteiger partial charge in [0.05, 0.1) is 23.5 Å². The number of piperazine rings is 1. The maximum absolute atomic E-state index is 14.2. The lowest BCUT2D eigenvalue weighted by atomic mass is 10.1. The second-order valence-electron chi connectivity index (χ2n) is 10.8. The lowest BCUT2D eigenvalue weighted by molar-refractivity contribution is -0.137. The van der Waals surface area contributed by atoms with Crippen molar-refractivity contribution in [3.8, 4) is 0 Å². The first kappa shape index (κ1) is 29.5. The zero-order valence-corrected chi connectivity index (χ0v) is 24.1. The van der Waals surface area contributed by atoms with Gasteiger partial charge in [-0.25, -0.2) is 4.39 Å². The van der Waals surface area contributed by atoms with Gasteiger partial charge >= 0.3 is 0 Å². The second-order valence-corrected chi connectivity index (χ2v) is 11.2. The Hall–Kier alpha value is -4.03. The average molecular weight is 598 g/mol. The van der Waals surface area contributed by atoms with Gasteiger partial charge in [0.25, 0.3) is 5.91 Å². The van der Waals surface area contributed by atoms with Crippen LogP contribution in [0.2, 0.25) is 5.02 Å². The minimum Gasteiger partial charge on any atom is -0.364 e. The highest BCUT2D eigenvalue weighted by molar-refractivity contribution is 6.30. The van der Waals surface area contributed by atoms with Crippen molar-refractivity contribution >= 4 is 46.1 Å². The van der Waals surface area contributed by atoms with E-state index in [1.54, 1.807) is 24.3 Å². The van der Waals surface area contributed by atoms with E-state index in [-0.39, 0.29) is 60.2 Å². The van der Waals surface area contributed by atoms with Crippen LogP contribution in [-0.4, -0.2) is 93.9 Å². The molecule has 3 aromatic rings. The van der Waals surface area contributed by atoms with Crippen LogP contribution in [0.4, 0.5) is 4.39 Å². The summed E-state index contributed by atoms with van der Waals surface area (Å²) in [6.45, 7) is 2.48. The van der Waals surface area contributed by atoms with E-state index in [4.69, 9.17) is 17.3 Å². The Labute approximate surface area is 247 Å². The zero-order valence-electron chi connectivity index (χ0n) is 23.3. The molecule has 1 saturated heterocycles. The van der Waals surface area contributed by atoms with Gasteiger partial charge in [-0.05, 0) is 43.7 Å². The number of nitrogens with two attached hydrogens (primary N) is 1. The van der Waals surface area contributed by atoms with E-state index in [1.165, 1.54) is 21.7 Å². The first-order valence-electron chi connectivity index (χ1n) is 13.9. The number of carbonyl (C=O) groups excluding carboxylic acids is 4. The number of rotatable bonds is 10. The minimum atomic E-state index is -0.750. The van der Waals surface area contributed by atoms with Crippen LogP contribution in [0, 0.1) is 5.82 Å². The Bertz CT molecular complexity index is 1530. The number of primary amides is 1. The molecule has 2 fully saturated rings. The summed E-state index contributed by atoms with van der Waals surface area (Å²) in [7, 11) is 2.02. The van der Waals surface area contributed by atoms with Gasteiger partial charge in [0, 0.05) is 49.7 Å². The molecule has 11 nitrogen and oxygen atoms in total. The van der Waals surface area contributed by atoms with Crippen LogP contribution in [0.5, 0.6) is 0 Å². The number of hydrogen-bond donors (Lipinski definition) is 2. The van der Waals surface area contributed by atoms with Gasteiger partial charge < -0.3 is 25.8 Å². The Morgan fingerprint density at radius 2 is 1.86 bits per heavy atom. The number of carbonyl (C=O) groups is 4. The largest absolute Gasteiger partial charge is 0.364 e. The smallest absolute Gasteiger partial charge is 0.269 e. The number of halogens is 2. The van der Waals surface area contributed by atoms with Crippen LogP contribution in [0.25, 0.3) is 10.9 Å². The predicted molar refractivity (Wildman–Crippen MR) is 154 cm³/mol. The molecular weight excluding hydrogens is 565 g/mol. The molecule has 1 saturated carbocycles. The van der Waals surface area contributed by atoms with Gasteiger partial charge in [0.2, 0.25) is 17.7 Å². The third-order valence-electron chi connectivity index (χ3n) is 7.67. The van der Waals surface area contributed by atoms with Crippen molar-refractivity contribution in [1.82, 2.24) is 29.8 Å². The fraction of sp³-hybridized carbons (Fsp3) is 0.414. The molecule has 1 aliphatic heterocycles. The predicted octanol–water partition coefficient (Wildman–Crippen LogP) is 1.55. The molecule has 222 valence electrons. The third-order valence-corrected chi connectivity index (χ3v) is 7.97. The number of fused-ring (bicyclic) bond motifs is 1. The van der Waals surface area contributed by atoms with E-state index in [1.807, 2.05) is 11.9 Å². The van der Waals surface area contributed by atoms with Gasteiger partial charge in [-0.3, -0.25) is 23.9 Å². The van der Waals surface area contributed by atoms with Crippen molar-refractivity contribution in [1.29, 1.82) is 0 Å². The van der Waals surface area contributed by atoms with Gasteiger partial charge in [0.1, 0.15) is 12.4 Å². The lowest BCUT2D eigenvalue weighted by Gasteiger charge is -2.32. The number of nitrogens with zero attached hydrogens (tertiary/aromatic N) is 5.